The van der Waals surface area contributed by atoms with E-state index in [1.807, 2.05) is 0 Å². The Morgan fingerprint density at radius 2 is 2.00 bits per heavy atom. The van der Waals surface area contributed by atoms with Crippen molar-refractivity contribution in [1.82, 2.24) is 19.7 Å². The molecule has 1 aliphatic heterocycles. The number of fused-ring (bicyclic) bond motifs is 1. The molecule has 11 nitrogen and oxygen atoms in total. The van der Waals surface area contributed by atoms with Gasteiger partial charge in [-0.2, -0.15) is 0 Å². The molecule has 3 heterocycles. The van der Waals surface area contributed by atoms with E-state index in [4.69, 9.17) is 15.6 Å². The van der Waals surface area contributed by atoms with Crippen molar-refractivity contribution in [1.29, 1.82) is 0 Å². The summed E-state index contributed by atoms with van der Waals surface area (Å²) in [6.07, 6.45) is -4.24. The number of ether oxygens (including phenoxy) is 1. The summed E-state index contributed by atoms with van der Waals surface area (Å²) in [5.41, 5.74) is 3.38. The number of aromatic nitrogens is 4. The van der Waals surface area contributed by atoms with E-state index in [2.05, 4.69) is 15.1 Å². The Balaban J connectivity index is 0.00000192. The molecular weight excluding hydrogens is 321 g/mol. The van der Waals surface area contributed by atoms with Crippen molar-refractivity contribution in [3.05, 3.63) is 26.9 Å². The Kier molecular flexibility index (Phi) is 5.20. The molecule has 6 N–H and O–H groups in total. The fourth-order valence-electron chi connectivity index (χ4n) is 2.32. The maximum Gasteiger partial charge on any atom is 1.00 e. The van der Waals surface area contributed by atoms with Crippen LogP contribution in [0.5, 0.6) is 0 Å². The molecule has 23 heavy (non-hydrogen) atoms. The summed E-state index contributed by atoms with van der Waals surface area (Å²) in [5, 5.41) is 30.9. The van der Waals surface area contributed by atoms with Gasteiger partial charge in [-0.05, 0) is 0 Å². The van der Waals surface area contributed by atoms with Gasteiger partial charge < -0.3 is 25.8 Å². The molecule has 1 aliphatic rings. The number of aliphatic hydroxyl groups is 3. The molecule has 12 heteroatoms. The van der Waals surface area contributed by atoms with Crippen LogP contribution >= 0.6 is 0 Å². The minimum absolute atomic E-state index is 0. The van der Waals surface area contributed by atoms with Crippen LogP contribution in [-0.2, 0) is 4.74 Å². The number of hydrogen-bond donors (Lipinski definition) is 5. The minimum Gasteiger partial charge on any atom is -0.394 e. The molecule has 1 saturated heterocycles. The molecule has 2 aromatic rings. The first-order chi connectivity index (χ1) is 10.4. The SMILES string of the molecule is Nc1cnc2c(=O)n([C@@H]3O[C@H](CO)[C@@H](O)[C@H]3O)[nH]c(=O)c2n1.[Na+]. The number of nitrogens with two attached hydrogens (primary N) is 1. The Morgan fingerprint density at radius 1 is 1.30 bits per heavy atom. The third-order valence-electron chi connectivity index (χ3n) is 3.42. The van der Waals surface area contributed by atoms with Crippen molar-refractivity contribution in [3.63, 3.8) is 0 Å². The summed E-state index contributed by atoms with van der Waals surface area (Å²) in [6.45, 7) is -0.558. The first-order valence-electron chi connectivity index (χ1n) is 6.33. The van der Waals surface area contributed by atoms with Crippen LogP contribution in [0, 0.1) is 0 Å². The average Bonchev–Trinajstić information content (AvgIpc) is 2.78. The number of hydrogen-bond acceptors (Lipinski definition) is 9. The molecular formula is C11H13N5NaO6+. The summed E-state index contributed by atoms with van der Waals surface area (Å²) in [6, 6.07) is 0. The van der Waals surface area contributed by atoms with Crippen molar-refractivity contribution in [3.8, 4) is 0 Å². The van der Waals surface area contributed by atoms with Gasteiger partial charge in [0.15, 0.2) is 17.3 Å². The number of nitrogens with zero attached hydrogens (tertiary/aromatic N) is 3. The van der Waals surface area contributed by atoms with Crippen LogP contribution in [0.1, 0.15) is 6.23 Å². The van der Waals surface area contributed by atoms with E-state index in [9.17, 15) is 19.8 Å². The second-order valence-electron chi connectivity index (χ2n) is 4.84. The Morgan fingerprint density at radius 3 is 2.61 bits per heavy atom. The molecule has 0 aliphatic carbocycles. The first kappa shape index (κ1) is 18.0. The van der Waals surface area contributed by atoms with E-state index < -0.39 is 42.3 Å². The molecule has 0 amide bonds. The number of nitrogen functional groups attached to an aromatic ring is 1. The number of rotatable bonds is 2. The normalized spacial score (nSPS) is 27.1. The van der Waals surface area contributed by atoms with Gasteiger partial charge in [-0.3, -0.25) is 14.7 Å². The molecule has 3 rings (SSSR count). The molecule has 0 saturated carbocycles. The maximum atomic E-state index is 12.3. The number of anilines is 1. The molecule has 2 aromatic heterocycles. The quantitative estimate of drug-likeness (QED) is 0.334. The van der Waals surface area contributed by atoms with Gasteiger partial charge in [0, 0.05) is 0 Å². The zero-order valence-corrected chi connectivity index (χ0v) is 14.1. The summed E-state index contributed by atoms with van der Waals surface area (Å²) >= 11 is 0. The van der Waals surface area contributed by atoms with Crippen molar-refractivity contribution in [2.24, 2.45) is 0 Å². The van der Waals surface area contributed by atoms with Crippen molar-refractivity contribution in [2.45, 2.75) is 24.5 Å². The van der Waals surface area contributed by atoms with E-state index >= 15 is 0 Å². The summed E-state index contributed by atoms with van der Waals surface area (Å²) < 4.78 is 5.91. The molecule has 118 valence electrons. The van der Waals surface area contributed by atoms with Crippen molar-refractivity contribution < 1.29 is 49.6 Å². The van der Waals surface area contributed by atoms with E-state index in [1.54, 1.807) is 0 Å². The number of nitrogens with one attached hydrogen (secondary N) is 1. The second kappa shape index (κ2) is 6.65. The average molecular weight is 334 g/mol. The smallest absolute Gasteiger partial charge is 0.394 e. The van der Waals surface area contributed by atoms with Crippen molar-refractivity contribution >= 4 is 16.9 Å². The molecule has 0 aromatic carbocycles. The predicted molar refractivity (Wildman–Crippen MR) is 71.8 cm³/mol. The summed E-state index contributed by atoms with van der Waals surface area (Å²) in [7, 11) is 0. The Bertz CT molecular complexity index is 838. The minimum atomic E-state index is -1.51. The van der Waals surface area contributed by atoms with Crippen LogP contribution in [0.4, 0.5) is 5.82 Å². The van der Waals surface area contributed by atoms with Gasteiger partial charge >= 0.3 is 29.6 Å². The molecule has 4 atom stereocenters. The monoisotopic (exact) mass is 334 g/mol. The molecule has 1 fully saturated rings. The van der Waals surface area contributed by atoms with Gasteiger partial charge in [-0.15, -0.1) is 0 Å². The molecule has 0 radical (unpaired) electrons. The van der Waals surface area contributed by atoms with Crippen molar-refractivity contribution in [2.75, 3.05) is 12.3 Å². The van der Waals surface area contributed by atoms with Crippen LogP contribution < -0.4 is 46.4 Å². The molecule has 0 unspecified atom stereocenters. The zero-order chi connectivity index (χ0) is 16.0. The third kappa shape index (κ3) is 2.92. The fraction of sp³-hybridized carbons (Fsp3) is 0.455. The number of aliphatic hydroxyl groups excluding tert-OH is 3. The van der Waals surface area contributed by atoms with Gasteiger partial charge in [-0.1, -0.05) is 0 Å². The first-order valence-corrected chi connectivity index (χ1v) is 6.33. The maximum absolute atomic E-state index is 12.3. The van der Waals surface area contributed by atoms with Crippen LogP contribution in [0.3, 0.4) is 0 Å². The third-order valence-corrected chi connectivity index (χ3v) is 3.42. The van der Waals surface area contributed by atoms with Gasteiger partial charge in [0.2, 0.25) is 0 Å². The number of aromatic amines is 1. The van der Waals surface area contributed by atoms with E-state index in [-0.39, 0.29) is 46.4 Å². The standard InChI is InChI=1S/C11H13N5O6.Na/c12-4-1-13-6-5(14-4)9(20)15-16(10(6)21)11-8(19)7(18)3(2-17)22-11;/h1,3,7-8,11,17-19H,2H2,(H2,12,14)(H,15,20);/q;+1/t3-,7-,8-,11-;/m1./s1. The van der Waals surface area contributed by atoms with E-state index in [0.29, 0.717) is 4.68 Å². The Hall–Kier alpha value is -1.34. The summed E-state index contributed by atoms with van der Waals surface area (Å²) in [5.74, 6) is -0.0249. The van der Waals surface area contributed by atoms with E-state index in [1.165, 1.54) is 0 Å². The largest absolute Gasteiger partial charge is 1.00 e. The van der Waals surface area contributed by atoms with Crippen LogP contribution in [0.2, 0.25) is 0 Å². The van der Waals surface area contributed by atoms with E-state index in [0.717, 1.165) is 6.20 Å². The Labute approximate surface area is 150 Å². The molecule has 0 spiro atoms. The zero-order valence-electron chi connectivity index (χ0n) is 12.1. The van der Waals surface area contributed by atoms with Crippen LogP contribution in [0.15, 0.2) is 15.8 Å². The fourth-order valence-corrected chi connectivity index (χ4v) is 2.32. The summed E-state index contributed by atoms with van der Waals surface area (Å²) in [4.78, 5) is 31.8. The van der Waals surface area contributed by atoms with Gasteiger partial charge in [0.1, 0.15) is 24.1 Å². The van der Waals surface area contributed by atoms with Gasteiger partial charge in [-0.25, -0.2) is 14.6 Å². The molecule has 0 bridgehead atoms. The van der Waals surface area contributed by atoms with Gasteiger partial charge in [0.05, 0.1) is 12.8 Å². The van der Waals surface area contributed by atoms with Gasteiger partial charge in [0.25, 0.3) is 11.1 Å². The predicted octanol–water partition coefficient (Wildman–Crippen LogP) is -6.32. The second-order valence-corrected chi connectivity index (χ2v) is 4.84. The van der Waals surface area contributed by atoms with Crippen LogP contribution in [-0.4, -0.2) is 60.0 Å². The topological polar surface area (TPSA) is 177 Å². The number of H-pyrrole nitrogens is 1. The van der Waals surface area contributed by atoms with Crippen LogP contribution in [0.25, 0.3) is 11.0 Å².